The largest absolute Gasteiger partial charge is 0.483 e. The monoisotopic (exact) mass is 675 g/mol. The van der Waals surface area contributed by atoms with Gasteiger partial charge in [0, 0.05) is 41.9 Å². The van der Waals surface area contributed by atoms with Crippen LogP contribution < -0.4 is 10.1 Å². The number of rotatable bonds is 9. The zero-order valence-corrected chi connectivity index (χ0v) is 27.6. The van der Waals surface area contributed by atoms with Crippen molar-refractivity contribution in [3.05, 3.63) is 124 Å². The maximum absolute atomic E-state index is 13.5. The Hall–Kier alpha value is -3.50. The molecule has 0 aliphatic carbocycles. The fourth-order valence-electron chi connectivity index (χ4n) is 5.50. The quantitative estimate of drug-likeness (QED) is 0.210. The van der Waals surface area contributed by atoms with E-state index in [0.717, 1.165) is 10.0 Å². The van der Waals surface area contributed by atoms with Gasteiger partial charge in [-0.05, 0) is 59.0 Å². The Morgan fingerprint density at radius 2 is 1.41 bits per heavy atom. The third kappa shape index (κ3) is 7.58. The fraction of sp³-hybridized carbons (Fsp3) is 0.286. The maximum atomic E-state index is 13.5. The number of nitrogens with zero attached hydrogens (tertiary/aromatic N) is 2. The minimum absolute atomic E-state index is 0.0537. The first-order chi connectivity index (χ1) is 21.0. The molecule has 0 bridgehead atoms. The molecular formula is C35H38BrN3O4S. The van der Waals surface area contributed by atoms with Crippen molar-refractivity contribution < 1.29 is 17.9 Å². The molecule has 1 amide bonds. The van der Waals surface area contributed by atoms with Crippen LogP contribution in [0.4, 0.5) is 5.69 Å². The van der Waals surface area contributed by atoms with Crippen molar-refractivity contribution in [1.29, 1.82) is 0 Å². The van der Waals surface area contributed by atoms with Crippen LogP contribution >= 0.6 is 15.9 Å². The SMILES string of the molecule is CC(C)(C)c1cc(Br)ccc1OCC(=O)Nc1ccc(S(=O)(=O)N2CCN(C(c3ccccc3)c3ccccc3)CC2)cc1. The zero-order chi connectivity index (χ0) is 31.3. The number of anilines is 1. The smallest absolute Gasteiger partial charge is 0.262 e. The van der Waals surface area contributed by atoms with E-state index in [0.29, 0.717) is 37.6 Å². The molecule has 0 spiro atoms. The van der Waals surface area contributed by atoms with Gasteiger partial charge >= 0.3 is 0 Å². The highest BCUT2D eigenvalue weighted by molar-refractivity contribution is 9.10. The predicted octanol–water partition coefficient (Wildman–Crippen LogP) is 6.86. The van der Waals surface area contributed by atoms with E-state index in [-0.39, 0.29) is 28.9 Å². The maximum Gasteiger partial charge on any atom is 0.262 e. The van der Waals surface area contributed by atoms with Gasteiger partial charge in [-0.1, -0.05) is 97.4 Å². The molecule has 1 fully saturated rings. The normalized spacial score (nSPS) is 14.8. The Kier molecular flexibility index (Phi) is 9.90. The number of carbonyl (C=O) groups excluding carboxylic acids is 1. The number of hydrogen-bond donors (Lipinski definition) is 1. The molecule has 7 nitrogen and oxygen atoms in total. The van der Waals surface area contributed by atoms with Crippen molar-refractivity contribution in [3.8, 4) is 5.75 Å². The van der Waals surface area contributed by atoms with Gasteiger partial charge in [0.15, 0.2) is 6.61 Å². The Bertz CT molecular complexity index is 1630. The van der Waals surface area contributed by atoms with Crippen LogP contribution in [0.1, 0.15) is 43.5 Å². The van der Waals surface area contributed by atoms with E-state index in [1.807, 2.05) is 54.6 Å². The van der Waals surface area contributed by atoms with Crippen molar-refractivity contribution in [3.63, 3.8) is 0 Å². The van der Waals surface area contributed by atoms with Gasteiger partial charge in [0.2, 0.25) is 10.0 Å². The number of benzene rings is 4. The van der Waals surface area contributed by atoms with E-state index in [4.69, 9.17) is 4.74 Å². The lowest BCUT2D eigenvalue weighted by molar-refractivity contribution is -0.118. The van der Waals surface area contributed by atoms with Gasteiger partial charge in [0.05, 0.1) is 10.9 Å². The molecule has 1 aliphatic heterocycles. The number of halogens is 1. The Morgan fingerprint density at radius 3 is 1.95 bits per heavy atom. The number of nitrogens with one attached hydrogen (secondary N) is 1. The molecule has 0 atom stereocenters. The second-order valence-electron chi connectivity index (χ2n) is 11.9. The lowest BCUT2D eigenvalue weighted by atomic mass is 9.86. The van der Waals surface area contributed by atoms with Gasteiger partial charge in [-0.2, -0.15) is 4.31 Å². The summed E-state index contributed by atoms with van der Waals surface area (Å²) in [5, 5.41) is 2.80. The summed E-state index contributed by atoms with van der Waals surface area (Å²) in [4.78, 5) is 15.2. The van der Waals surface area contributed by atoms with Crippen molar-refractivity contribution in [1.82, 2.24) is 9.21 Å². The number of hydrogen-bond acceptors (Lipinski definition) is 5. The van der Waals surface area contributed by atoms with Crippen molar-refractivity contribution >= 4 is 37.5 Å². The van der Waals surface area contributed by atoms with E-state index in [1.54, 1.807) is 28.6 Å². The molecular weight excluding hydrogens is 638 g/mol. The van der Waals surface area contributed by atoms with Gasteiger partial charge in [-0.3, -0.25) is 9.69 Å². The molecule has 1 aliphatic rings. The Morgan fingerprint density at radius 1 is 0.841 bits per heavy atom. The lowest BCUT2D eigenvalue weighted by Gasteiger charge is -2.39. The summed E-state index contributed by atoms with van der Waals surface area (Å²) in [5.41, 5.74) is 3.71. The minimum atomic E-state index is -3.69. The highest BCUT2D eigenvalue weighted by atomic mass is 79.9. The Labute approximate surface area is 269 Å². The summed E-state index contributed by atoms with van der Waals surface area (Å²) in [5.74, 6) is 0.321. The van der Waals surface area contributed by atoms with Gasteiger partial charge in [-0.15, -0.1) is 0 Å². The van der Waals surface area contributed by atoms with Gasteiger partial charge in [-0.25, -0.2) is 8.42 Å². The van der Waals surface area contributed by atoms with E-state index in [9.17, 15) is 13.2 Å². The third-order valence-electron chi connectivity index (χ3n) is 7.75. The second kappa shape index (κ2) is 13.6. The van der Waals surface area contributed by atoms with Crippen LogP contribution in [0.15, 0.2) is 112 Å². The van der Waals surface area contributed by atoms with Crippen LogP contribution in [-0.2, 0) is 20.2 Å². The van der Waals surface area contributed by atoms with Crippen LogP contribution in [0.3, 0.4) is 0 Å². The summed E-state index contributed by atoms with van der Waals surface area (Å²) in [6.07, 6.45) is 0. The molecule has 0 saturated carbocycles. The number of carbonyl (C=O) groups is 1. The van der Waals surface area contributed by atoms with Crippen LogP contribution in [0.2, 0.25) is 0 Å². The lowest BCUT2D eigenvalue weighted by Crippen LogP contribution is -2.49. The first kappa shape index (κ1) is 31.9. The number of ether oxygens (including phenoxy) is 1. The molecule has 4 aromatic carbocycles. The van der Waals surface area contributed by atoms with Gasteiger partial charge in [0.25, 0.3) is 5.91 Å². The topological polar surface area (TPSA) is 78.9 Å². The fourth-order valence-corrected chi connectivity index (χ4v) is 7.28. The summed E-state index contributed by atoms with van der Waals surface area (Å²) in [7, 11) is -3.69. The highest BCUT2D eigenvalue weighted by Gasteiger charge is 2.32. The number of sulfonamides is 1. The van der Waals surface area contributed by atoms with E-state index >= 15 is 0 Å². The van der Waals surface area contributed by atoms with Crippen molar-refractivity contribution in [2.75, 3.05) is 38.1 Å². The minimum Gasteiger partial charge on any atom is -0.483 e. The third-order valence-corrected chi connectivity index (χ3v) is 10.2. The number of piperazine rings is 1. The molecule has 5 rings (SSSR count). The molecule has 0 aromatic heterocycles. The van der Waals surface area contributed by atoms with Crippen LogP contribution in [0.25, 0.3) is 0 Å². The molecule has 9 heteroatoms. The van der Waals surface area contributed by atoms with Crippen molar-refractivity contribution in [2.45, 2.75) is 37.1 Å². The molecule has 44 heavy (non-hydrogen) atoms. The van der Waals surface area contributed by atoms with Crippen molar-refractivity contribution in [2.24, 2.45) is 0 Å². The zero-order valence-electron chi connectivity index (χ0n) is 25.2. The predicted molar refractivity (Wildman–Crippen MR) is 178 cm³/mol. The molecule has 4 aromatic rings. The first-order valence-electron chi connectivity index (χ1n) is 14.7. The van der Waals surface area contributed by atoms with E-state index in [1.165, 1.54) is 11.1 Å². The van der Waals surface area contributed by atoms with Crippen LogP contribution in [0, 0.1) is 0 Å². The first-order valence-corrected chi connectivity index (χ1v) is 16.9. The molecule has 1 N–H and O–H groups in total. The van der Waals surface area contributed by atoms with Crippen LogP contribution in [0.5, 0.6) is 5.75 Å². The standard InChI is InChI=1S/C35H38BrN3O4S/c1-35(2,3)31-24-28(36)14-19-32(31)43-25-33(40)37-29-15-17-30(18-16-29)44(41,42)39-22-20-38(21-23-39)34(26-10-6-4-7-11-26)27-12-8-5-9-13-27/h4-19,24,34H,20-23,25H2,1-3H3,(H,37,40). The Balaban J connectivity index is 1.20. The molecule has 0 radical (unpaired) electrons. The summed E-state index contributed by atoms with van der Waals surface area (Å²) >= 11 is 3.50. The average Bonchev–Trinajstić information content (AvgIpc) is 3.02. The van der Waals surface area contributed by atoms with Crippen LogP contribution in [-0.4, -0.2) is 56.3 Å². The summed E-state index contributed by atoms with van der Waals surface area (Å²) in [6, 6.07) is 32.7. The van der Waals surface area contributed by atoms with E-state index in [2.05, 4.69) is 71.2 Å². The van der Waals surface area contributed by atoms with Gasteiger partial charge in [0.1, 0.15) is 5.75 Å². The molecule has 0 unspecified atom stereocenters. The highest BCUT2D eigenvalue weighted by Crippen LogP contribution is 2.34. The molecule has 1 saturated heterocycles. The average molecular weight is 677 g/mol. The van der Waals surface area contributed by atoms with E-state index < -0.39 is 10.0 Å². The molecule has 1 heterocycles. The molecule has 230 valence electrons. The summed E-state index contributed by atoms with van der Waals surface area (Å²) < 4.78 is 35.4. The van der Waals surface area contributed by atoms with Gasteiger partial charge < -0.3 is 10.1 Å². The second-order valence-corrected chi connectivity index (χ2v) is 14.8. The number of amides is 1. The summed E-state index contributed by atoms with van der Waals surface area (Å²) in [6.45, 7) is 8.09.